The molecule has 0 aliphatic rings. The topological polar surface area (TPSA) is 119 Å². The first-order valence-corrected chi connectivity index (χ1v) is 10.7. The van der Waals surface area contributed by atoms with E-state index in [1.807, 2.05) is 0 Å². The fourth-order valence-electron chi connectivity index (χ4n) is 2.43. The van der Waals surface area contributed by atoms with Crippen molar-refractivity contribution < 1.29 is 22.0 Å². The van der Waals surface area contributed by atoms with Gasteiger partial charge in [0.05, 0.1) is 15.1 Å². The number of nitrogens with one attached hydrogen (secondary N) is 2. The average Bonchev–Trinajstić information content (AvgIpc) is 2.97. The molecule has 158 valence electrons. The van der Waals surface area contributed by atoms with Crippen molar-refractivity contribution in [2.24, 2.45) is 0 Å². The summed E-state index contributed by atoms with van der Waals surface area (Å²) in [6.07, 6.45) is 0.0214. The third kappa shape index (κ3) is 4.97. The van der Waals surface area contributed by atoms with Gasteiger partial charge in [0.1, 0.15) is 12.2 Å². The molecule has 9 nitrogen and oxygen atoms in total. The second-order valence-electron chi connectivity index (χ2n) is 5.99. The SMILES string of the molecule is Cc1c(Br)c(C(F)F)nn1CC(=O)Nc1ccc(S(=O)(=O)Nc2ncccn2)cc1. The van der Waals surface area contributed by atoms with Gasteiger partial charge in [-0.15, -0.1) is 0 Å². The van der Waals surface area contributed by atoms with E-state index in [2.05, 4.69) is 41.0 Å². The van der Waals surface area contributed by atoms with Gasteiger partial charge >= 0.3 is 0 Å². The maximum Gasteiger partial charge on any atom is 0.283 e. The second-order valence-corrected chi connectivity index (χ2v) is 8.47. The normalized spacial score (nSPS) is 11.5. The highest BCUT2D eigenvalue weighted by atomic mass is 79.9. The van der Waals surface area contributed by atoms with Crippen LogP contribution in [0.4, 0.5) is 20.4 Å². The van der Waals surface area contributed by atoms with E-state index in [9.17, 15) is 22.0 Å². The van der Waals surface area contributed by atoms with Crippen LogP contribution in [0.15, 0.2) is 52.1 Å². The van der Waals surface area contributed by atoms with Crippen molar-refractivity contribution in [2.45, 2.75) is 24.8 Å². The molecule has 0 fully saturated rings. The van der Waals surface area contributed by atoms with Crippen LogP contribution in [0.1, 0.15) is 17.8 Å². The van der Waals surface area contributed by atoms with Gasteiger partial charge in [-0.2, -0.15) is 5.10 Å². The molecule has 0 saturated heterocycles. The van der Waals surface area contributed by atoms with Gasteiger partial charge in [0.25, 0.3) is 16.4 Å². The summed E-state index contributed by atoms with van der Waals surface area (Å²) in [5, 5.41) is 6.30. The predicted molar refractivity (Wildman–Crippen MR) is 108 cm³/mol. The minimum atomic E-state index is -3.90. The highest BCUT2D eigenvalue weighted by molar-refractivity contribution is 9.10. The number of sulfonamides is 1. The van der Waals surface area contributed by atoms with E-state index in [-0.39, 0.29) is 21.9 Å². The number of rotatable bonds is 7. The zero-order chi connectivity index (χ0) is 21.9. The van der Waals surface area contributed by atoms with Crippen molar-refractivity contribution in [3.63, 3.8) is 0 Å². The highest BCUT2D eigenvalue weighted by Gasteiger charge is 2.21. The molecule has 0 atom stereocenters. The largest absolute Gasteiger partial charge is 0.324 e. The Kier molecular flexibility index (Phi) is 6.41. The number of anilines is 2. The van der Waals surface area contributed by atoms with E-state index < -0.39 is 28.0 Å². The molecule has 30 heavy (non-hydrogen) atoms. The molecular formula is C17H15BrF2N6O3S. The summed E-state index contributed by atoms with van der Waals surface area (Å²) in [7, 11) is -3.90. The number of nitrogens with zero attached hydrogens (tertiary/aromatic N) is 4. The molecule has 0 unspecified atom stereocenters. The minimum Gasteiger partial charge on any atom is -0.324 e. The standard InChI is InChI=1S/C17H15BrF2N6O3S/c1-10-14(18)15(16(19)20)24-26(10)9-13(27)23-11-3-5-12(6-4-11)30(28,29)25-17-21-7-2-8-22-17/h2-8,16H,9H2,1H3,(H,23,27)(H,21,22,25). The number of carbonyl (C=O) groups excluding carboxylic acids is 1. The van der Waals surface area contributed by atoms with Gasteiger partial charge in [0.15, 0.2) is 0 Å². The summed E-state index contributed by atoms with van der Waals surface area (Å²) >= 11 is 3.04. The first kappa shape index (κ1) is 21.8. The molecule has 2 heterocycles. The summed E-state index contributed by atoms with van der Waals surface area (Å²) in [6.45, 7) is 1.27. The minimum absolute atomic E-state index is 0.0543. The van der Waals surface area contributed by atoms with Crippen LogP contribution in [0.2, 0.25) is 0 Å². The predicted octanol–water partition coefficient (Wildman–Crippen LogP) is 3.12. The quantitative estimate of drug-likeness (QED) is 0.514. The van der Waals surface area contributed by atoms with Crippen LogP contribution in [0, 0.1) is 6.92 Å². The molecule has 3 aromatic rings. The Balaban J connectivity index is 1.67. The number of halogens is 3. The molecule has 0 aliphatic carbocycles. The molecule has 13 heteroatoms. The number of amides is 1. The third-order valence-corrected chi connectivity index (χ3v) is 6.22. The first-order valence-electron chi connectivity index (χ1n) is 8.38. The molecule has 0 radical (unpaired) electrons. The molecule has 0 aliphatic heterocycles. The van der Waals surface area contributed by atoms with Crippen molar-refractivity contribution in [1.29, 1.82) is 0 Å². The van der Waals surface area contributed by atoms with E-state index in [0.717, 1.165) is 4.68 Å². The number of hydrogen-bond acceptors (Lipinski definition) is 6. The van der Waals surface area contributed by atoms with Crippen LogP contribution in [-0.2, 0) is 21.4 Å². The summed E-state index contributed by atoms with van der Waals surface area (Å²) in [6, 6.07) is 6.94. The summed E-state index contributed by atoms with van der Waals surface area (Å²) < 4.78 is 54.1. The van der Waals surface area contributed by atoms with E-state index in [1.165, 1.54) is 36.7 Å². The Labute approximate surface area is 178 Å². The Morgan fingerprint density at radius 1 is 1.20 bits per heavy atom. The highest BCUT2D eigenvalue weighted by Crippen LogP contribution is 2.29. The Morgan fingerprint density at radius 3 is 2.40 bits per heavy atom. The number of carbonyl (C=O) groups is 1. The number of benzene rings is 1. The smallest absolute Gasteiger partial charge is 0.283 e. The monoisotopic (exact) mass is 500 g/mol. The van der Waals surface area contributed by atoms with Gasteiger partial charge in [-0.05, 0) is 53.2 Å². The fourth-order valence-corrected chi connectivity index (χ4v) is 3.84. The van der Waals surface area contributed by atoms with Crippen molar-refractivity contribution in [3.8, 4) is 0 Å². The maximum atomic E-state index is 12.9. The molecule has 1 aromatic carbocycles. The van der Waals surface area contributed by atoms with Crippen molar-refractivity contribution in [1.82, 2.24) is 19.7 Å². The zero-order valence-electron chi connectivity index (χ0n) is 15.4. The average molecular weight is 501 g/mol. The molecule has 1 amide bonds. The summed E-state index contributed by atoms with van der Waals surface area (Å²) in [5.74, 6) is -0.584. The van der Waals surface area contributed by atoms with Crippen LogP contribution >= 0.6 is 15.9 Å². The van der Waals surface area contributed by atoms with E-state index in [1.54, 1.807) is 13.0 Å². The molecule has 0 saturated carbocycles. The van der Waals surface area contributed by atoms with Crippen molar-refractivity contribution >= 4 is 43.5 Å². The van der Waals surface area contributed by atoms with E-state index in [0.29, 0.717) is 11.4 Å². The van der Waals surface area contributed by atoms with Crippen molar-refractivity contribution in [3.05, 3.63) is 58.6 Å². The van der Waals surface area contributed by atoms with E-state index >= 15 is 0 Å². The second kappa shape index (κ2) is 8.83. The number of aromatic nitrogens is 4. The molecule has 0 bridgehead atoms. The molecule has 0 spiro atoms. The molecule has 2 aromatic heterocycles. The molecule has 2 N–H and O–H groups in total. The van der Waals surface area contributed by atoms with Gasteiger partial charge in [-0.3, -0.25) is 9.48 Å². The van der Waals surface area contributed by atoms with Gasteiger partial charge in [0.2, 0.25) is 11.9 Å². The van der Waals surface area contributed by atoms with Crippen LogP contribution in [0.5, 0.6) is 0 Å². The van der Waals surface area contributed by atoms with Crippen molar-refractivity contribution in [2.75, 3.05) is 10.0 Å². The lowest BCUT2D eigenvalue weighted by Crippen LogP contribution is -2.20. The number of hydrogen-bond donors (Lipinski definition) is 2. The fraction of sp³-hybridized carbons (Fsp3) is 0.176. The van der Waals surface area contributed by atoms with E-state index in [4.69, 9.17) is 0 Å². The van der Waals surface area contributed by atoms with Crippen LogP contribution < -0.4 is 10.0 Å². The summed E-state index contributed by atoms with van der Waals surface area (Å²) in [4.78, 5) is 19.8. The molecule has 3 rings (SSSR count). The summed E-state index contributed by atoms with van der Waals surface area (Å²) in [5.41, 5.74) is 0.272. The Hall–Kier alpha value is -2.93. The van der Waals surface area contributed by atoms with Crippen LogP contribution in [0.3, 0.4) is 0 Å². The van der Waals surface area contributed by atoms with Gasteiger partial charge in [-0.25, -0.2) is 31.9 Å². The van der Waals surface area contributed by atoms with Crippen LogP contribution in [-0.4, -0.2) is 34.1 Å². The van der Waals surface area contributed by atoms with Crippen LogP contribution in [0.25, 0.3) is 0 Å². The number of alkyl halides is 2. The Bertz CT molecular complexity index is 1150. The van der Waals surface area contributed by atoms with Gasteiger partial charge in [0, 0.05) is 18.1 Å². The third-order valence-electron chi connectivity index (χ3n) is 3.90. The lowest BCUT2D eigenvalue weighted by Gasteiger charge is -2.09. The lowest BCUT2D eigenvalue weighted by molar-refractivity contribution is -0.117. The Morgan fingerprint density at radius 2 is 1.83 bits per heavy atom. The molecular weight excluding hydrogens is 486 g/mol. The van der Waals surface area contributed by atoms with Gasteiger partial charge in [-0.1, -0.05) is 0 Å². The zero-order valence-corrected chi connectivity index (χ0v) is 17.8. The lowest BCUT2D eigenvalue weighted by atomic mass is 10.3. The first-order chi connectivity index (χ1) is 14.2. The maximum absolute atomic E-state index is 12.9. The van der Waals surface area contributed by atoms with Gasteiger partial charge < -0.3 is 5.32 Å².